The van der Waals surface area contributed by atoms with Crippen LogP contribution in [-0.4, -0.2) is 25.7 Å². The van der Waals surface area contributed by atoms with Crippen molar-refractivity contribution in [3.8, 4) is 5.69 Å². The molecular weight excluding hydrogens is 322 g/mol. The van der Waals surface area contributed by atoms with E-state index in [0.717, 1.165) is 34.8 Å². The van der Waals surface area contributed by atoms with Crippen molar-refractivity contribution in [1.82, 2.24) is 25.1 Å². The second kappa shape index (κ2) is 7.35. The highest BCUT2D eigenvalue weighted by Gasteiger charge is 2.14. The number of hydrogen-bond acceptors (Lipinski definition) is 5. The second-order valence-electron chi connectivity index (χ2n) is 5.46. The Bertz CT molecular complexity index is 808. The molecule has 24 heavy (non-hydrogen) atoms. The molecule has 0 saturated carbocycles. The molecule has 0 atom stereocenters. The lowest BCUT2D eigenvalue weighted by Crippen LogP contribution is -2.22. The zero-order valence-corrected chi connectivity index (χ0v) is 14.5. The summed E-state index contributed by atoms with van der Waals surface area (Å²) >= 11 is 1.49. The van der Waals surface area contributed by atoms with Gasteiger partial charge in [-0.15, -0.1) is 11.3 Å². The Kier molecular flexibility index (Phi) is 5.00. The Hall–Kier alpha value is -2.54. The summed E-state index contributed by atoms with van der Waals surface area (Å²) in [4.78, 5) is 21.4. The van der Waals surface area contributed by atoms with Gasteiger partial charge in [-0.1, -0.05) is 19.1 Å². The zero-order chi connectivity index (χ0) is 16.9. The van der Waals surface area contributed by atoms with Gasteiger partial charge in [-0.3, -0.25) is 4.79 Å². The van der Waals surface area contributed by atoms with E-state index in [-0.39, 0.29) is 5.91 Å². The average Bonchev–Trinajstić information content (AvgIpc) is 3.23. The molecule has 0 radical (unpaired) electrons. The largest absolute Gasteiger partial charge is 0.347 e. The lowest BCUT2D eigenvalue weighted by molar-refractivity contribution is 0.0954. The van der Waals surface area contributed by atoms with Gasteiger partial charge in [0.15, 0.2) is 0 Å². The minimum Gasteiger partial charge on any atom is -0.347 e. The Morgan fingerprint density at radius 1 is 1.29 bits per heavy atom. The molecule has 3 aromatic rings. The SMILES string of the molecule is CCCc1nc(C)c(C(=O)NCc2ccc(-n3cncn3)cc2)s1. The normalized spacial score (nSPS) is 10.8. The van der Waals surface area contributed by atoms with Crippen LogP contribution in [0.5, 0.6) is 0 Å². The number of nitrogens with zero attached hydrogens (tertiary/aromatic N) is 4. The third kappa shape index (κ3) is 3.68. The highest BCUT2D eigenvalue weighted by atomic mass is 32.1. The summed E-state index contributed by atoms with van der Waals surface area (Å²) in [6.07, 6.45) is 5.10. The summed E-state index contributed by atoms with van der Waals surface area (Å²) in [5.74, 6) is -0.0623. The molecule has 3 rings (SSSR count). The first-order chi connectivity index (χ1) is 11.7. The van der Waals surface area contributed by atoms with Crippen LogP contribution in [0.15, 0.2) is 36.9 Å². The van der Waals surface area contributed by atoms with Crippen LogP contribution in [0, 0.1) is 6.92 Å². The molecule has 0 spiro atoms. The predicted octanol–water partition coefficient (Wildman–Crippen LogP) is 2.91. The van der Waals surface area contributed by atoms with E-state index in [9.17, 15) is 4.79 Å². The summed E-state index contributed by atoms with van der Waals surface area (Å²) in [6, 6.07) is 7.85. The van der Waals surface area contributed by atoms with Gasteiger partial charge in [0.1, 0.15) is 17.5 Å². The van der Waals surface area contributed by atoms with Gasteiger partial charge in [0.2, 0.25) is 0 Å². The topological polar surface area (TPSA) is 72.7 Å². The molecule has 1 amide bonds. The van der Waals surface area contributed by atoms with Crippen molar-refractivity contribution in [3.63, 3.8) is 0 Å². The fourth-order valence-corrected chi connectivity index (χ4v) is 3.44. The zero-order valence-electron chi connectivity index (χ0n) is 13.7. The third-order valence-electron chi connectivity index (χ3n) is 3.58. The van der Waals surface area contributed by atoms with Crippen molar-refractivity contribution in [2.45, 2.75) is 33.2 Å². The molecule has 6 nitrogen and oxygen atoms in total. The monoisotopic (exact) mass is 341 g/mol. The number of nitrogens with one attached hydrogen (secondary N) is 1. The molecule has 7 heteroatoms. The molecule has 0 fully saturated rings. The van der Waals surface area contributed by atoms with Gasteiger partial charge >= 0.3 is 0 Å². The van der Waals surface area contributed by atoms with Gasteiger partial charge in [-0.05, 0) is 37.5 Å². The van der Waals surface area contributed by atoms with Gasteiger partial charge in [0.25, 0.3) is 5.91 Å². The molecule has 2 heterocycles. The number of rotatable bonds is 6. The maximum atomic E-state index is 12.3. The predicted molar refractivity (Wildman–Crippen MR) is 93.4 cm³/mol. The van der Waals surface area contributed by atoms with Gasteiger partial charge in [0.05, 0.1) is 16.4 Å². The molecular formula is C17H19N5OS. The van der Waals surface area contributed by atoms with Crippen LogP contribution >= 0.6 is 11.3 Å². The van der Waals surface area contributed by atoms with Crippen LogP contribution in [0.4, 0.5) is 0 Å². The standard InChI is InChI=1S/C17H19N5OS/c1-3-4-15-21-12(2)16(24-15)17(23)19-9-13-5-7-14(8-6-13)22-11-18-10-20-22/h5-8,10-11H,3-4,9H2,1-2H3,(H,19,23). The van der Waals surface area contributed by atoms with Crippen LogP contribution in [0.1, 0.15) is 39.3 Å². The van der Waals surface area contributed by atoms with E-state index < -0.39 is 0 Å². The number of aromatic nitrogens is 4. The number of benzene rings is 1. The van der Waals surface area contributed by atoms with E-state index in [1.54, 1.807) is 11.0 Å². The minimum atomic E-state index is -0.0623. The molecule has 0 aliphatic rings. The van der Waals surface area contributed by atoms with Crippen molar-refractivity contribution in [2.75, 3.05) is 0 Å². The minimum absolute atomic E-state index is 0.0623. The molecule has 0 unspecified atom stereocenters. The molecule has 0 aliphatic carbocycles. The summed E-state index contributed by atoms with van der Waals surface area (Å²) in [7, 11) is 0. The van der Waals surface area contributed by atoms with Gasteiger partial charge in [-0.2, -0.15) is 5.10 Å². The van der Waals surface area contributed by atoms with E-state index in [1.807, 2.05) is 31.2 Å². The van der Waals surface area contributed by atoms with Gasteiger partial charge in [0, 0.05) is 6.54 Å². The van der Waals surface area contributed by atoms with E-state index in [4.69, 9.17) is 0 Å². The molecule has 0 saturated heterocycles. The van der Waals surface area contributed by atoms with E-state index in [2.05, 4.69) is 27.3 Å². The smallest absolute Gasteiger partial charge is 0.263 e. The fourth-order valence-electron chi connectivity index (χ4n) is 2.35. The molecule has 1 aromatic carbocycles. The Morgan fingerprint density at radius 2 is 2.08 bits per heavy atom. The summed E-state index contributed by atoms with van der Waals surface area (Å²) < 4.78 is 1.69. The number of amides is 1. The lowest BCUT2D eigenvalue weighted by atomic mass is 10.2. The molecule has 2 aromatic heterocycles. The lowest BCUT2D eigenvalue weighted by Gasteiger charge is -2.06. The van der Waals surface area contributed by atoms with Crippen molar-refractivity contribution in [1.29, 1.82) is 0 Å². The van der Waals surface area contributed by atoms with Crippen LogP contribution in [0.25, 0.3) is 5.69 Å². The van der Waals surface area contributed by atoms with Crippen molar-refractivity contribution in [2.24, 2.45) is 0 Å². The van der Waals surface area contributed by atoms with Crippen molar-refractivity contribution < 1.29 is 4.79 Å². The number of carbonyl (C=O) groups is 1. The van der Waals surface area contributed by atoms with Crippen LogP contribution < -0.4 is 5.32 Å². The third-order valence-corrected chi connectivity index (χ3v) is 4.80. The highest BCUT2D eigenvalue weighted by molar-refractivity contribution is 7.13. The maximum Gasteiger partial charge on any atom is 0.263 e. The van der Waals surface area contributed by atoms with E-state index in [0.29, 0.717) is 11.4 Å². The number of thiazole rings is 1. The quantitative estimate of drug-likeness (QED) is 0.748. The van der Waals surface area contributed by atoms with Gasteiger partial charge in [-0.25, -0.2) is 14.6 Å². The molecule has 0 aliphatic heterocycles. The van der Waals surface area contributed by atoms with E-state index >= 15 is 0 Å². The summed E-state index contributed by atoms with van der Waals surface area (Å²) in [6.45, 7) is 4.48. The molecule has 0 bridgehead atoms. The first kappa shape index (κ1) is 16.3. The molecule has 124 valence electrons. The number of aryl methyl sites for hydroxylation is 2. The number of carbonyl (C=O) groups excluding carboxylic acids is 1. The van der Waals surface area contributed by atoms with E-state index in [1.165, 1.54) is 17.7 Å². The first-order valence-electron chi connectivity index (χ1n) is 7.86. The van der Waals surface area contributed by atoms with Crippen LogP contribution in [0.3, 0.4) is 0 Å². The van der Waals surface area contributed by atoms with Crippen LogP contribution in [-0.2, 0) is 13.0 Å². The number of hydrogen-bond donors (Lipinski definition) is 1. The Morgan fingerprint density at radius 3 is 2.75 bits per heavy atom. The fraction of sp³-hybridized carbons (Fsp3) is 0.294. The second-order valence-corrected chi connectivity index (χ2v) is 6.54. The Labute approximate surface area is 144 Å². The Balaban J connectivity index is 1.62. The average molecular weight is 341 g/mol. The first-order valence-corrected chi connectivity index (χ1v) is 8.67. The maximum absolute atomic E-state index is 12.3. The highest BCUT2D eigenvalue weighted by Crippen LogP contribution is 2.19. The van der Waals surface area contributed by atoms with Crippen molar-refractivity contribution in [3.05, 3.63) is 58.1 Å². The van der Waals surface area contributed by atoms with Crippen LogP contribution in [0.2, 0.25) is 0 Å². The summed E-state index contributed by atoms with van der Waals surface area (Å²) in [5.41, 5.74) is 2.77. The van der Waals surface area contributed by atoms with Crippen molar-refractivity contribution >= 4 is 17.2 Å². The summed E-state index contributed by atoms with van der Waals surface area (Å²) in [5, 5.41) is 8.08. The van der Waals surface area contributed by atoms with Gasteiger partial charge < -0.3 is 5.32 Å². The molecule has 1 N–H and O–H groups in total.